The van der Waals surface area contributed by atoms with Crippen LogP contribution in [0.3, 0.4) is 0 Å². The van der Waals surface area contributed by atoms with Gasteiger partial charge in [-0.15, -0.1) is 0 Å². The maximum absolute atomic E-state index is 12.5. The molecule has 0 spiro atoms. The van der Waals surface area contributed by atoms with Crippen LogP contribution in [0.15, 0.2) is 0 Å². The maximum Gasteiger partial charge on any atom is 0.322 e. The van der Waals surface area contributed by atoms with Gasteiger partial charge in [0.05, 0.1) is 6.10 Å². The van der Waals surface area contributed by atoms with E-state index >= 15 is 0 Å². The first-order valence-corrected chi connectivity index (χ1v) is 7.89. The summed E-state index contributed by atoms with van der Waals surface area (Å²) >= 11 is 0. The van der Waals surface area contributed by atoms with Crippen molar-refractivity contribution in [3.8, 4) is 0 Å². The highest BCUT2D eigenvalue weighted by Crippen LogP contribution is 2.27. The number of hydrogen-bond acceptors (Lipinski definition) is 4. The third-order valence-corrected chi connectivity index (χ3v) is 5.79. The van der Waals surface area contributed by atoms with Gasteiger partial charge in [-0.05, 0) is 12.8 Å². The number of carboxylic acid groups (broad SMARTS) is 1. The number of rotatable bonds is 4. The topological polar surface area (TPSA) is 87.1 Å². The Labute approximate surface area is 113 Å². The molecule has 0 aromatic rings. The zero-order valence-electron chi connectivity index (χ0n) is 11.0. The lowest BCUT2D eigenvalue weighted by Crippen LogP contribution is -2.50. The number of nitrogens with zero attached hydrogens (tertiary/aromatic N) is 2. The van der Waals surface area contributed by atoms with Crippen LogP contribution in [0.25, 0.3) is 0 Å². The zero-order valence-corrected chi connectivity index (χ0v) is 11.8. The van der Waals surface area contributed by atoms with Gasteiger partial charge in [-0.25, -0.2) is 0 Å². The lowest BCUT2D eigenvalue weighted by atomic mass is 10.2. The summed E-state index contributed by atoms with van der Waals surface area (Å²) in [7, 11) is -2.22. The van der Waals surface area contributed by atoms with E-state index in [4.69, 9.17) is 4.74 Å². The van der Waals surface area contributed by atoms with Gasteiger partial charge in [0.2, 0.25) is 0 Å². The Balaban J connectivity index is 2.19. The molecule has 0 amide bonds. The lowest BCUT2D eigenvalue weighted by molar-refractivity contribution is -0.140. The molecule has 2 aliphatic heterocycles. The minimum absolute atomic E-state index is 0.117. The monoisotopic (exact) mass is 292 g/mol. The van der Waals surface area contributed by atoms with Crippen LogP contribution >= 0.6 is 0 Å². The van der Waals surface area contributed by atoms with Gasteiger partial charge in [0, 0.05) is 33.2 Å². The third-order valence-electron chi connectivity index (χ3n) is 3.77. The second-order valence-electron chi connectivity index (χ2n) is 4.98. The highest BCUT2D eigenvalue weighted by atomic mass is 32.2. The molecule has 0 aliphatic carbocycles. The van der Waals surface area contributed by atoms with Crippen molar-refractivity contribution in [3.63, 3.8) is 0 Å². The third kappa shape index (κ3) is 2.91. The maximum atomic E-state index is 12.5. The molecule has 0 radical (unpaired) electrons. The Morgan fingerprint density at radius 3 is 2.42 bits per heavy atom. The molecule has 2 unspecified atom stereocenters. The summed E-state index contributed by atoms with van der Waals surface area (Å²) in [5.41, 5.74) is 0. The van der Waals surface area contributed by atoms with E-state index in [1.807, 2.05) is 0 Å². The van der Waals surface area contributed by atoms with Gasteiger partial charge >= 0.3 is 5.97 Å². The highest BCUT2D eigenvalue weighted by Gasteiger charge is 2.45. The molecular formula is C11H20N2O5S. The summed E-state index contributed by atoms with van der Waals surface area (Å²) in [6.07, 6.45) is 2.55. The lowest BCUT2D eigenvalue weighted by Gasteiger charge is -2.31. The normalized spacial score (nSPS) is 30.6. The first-order chi connectivity index (χ1) is 8.96. The predicted molar refractivity (Wildman–Crippen MR) is 67.9 cm³/mol. The largest absolute Gasteiger partial charge is 0.480 e. The van der Waals surface area contributed by atoms with Gasteiger partial charge in [-0.1, -0.05) is 6.42 Å². The first-order valence-electron chi connectivity index (χ1n) is 6.49. The molecule has 8 heteroatoms. The van der Waals surface area contributed by atoms with E-state index in [2.05, 4.69) is 0 Å². The van der Waals surface area contributed by atoms with Crippen LogP contribution in [0.5, 0.6) is 0 Å². The summed E-state index contributed by atoms with van der Waals surface area (Å²) in [4.78, 5) is 11.2. The molecular weight excluding hydrogens is 272 g/mol. The van der Waals surface area contributed by atoms with Gasteiger partial charge in [0.15, 0.2) is 0 Å². The fourth-order valence-electron chi connectivity index (χ4n) is 2.66. The smallest absolute Gasteiger partial charge is 0.322 e. The summed E-state index contributed by atoms with van der Waals surface area (Å²) in [6.45, 7) is 1.07. The van der Waals surface area contributed by atoms with Crippen molar-refractivity contribution in [1.29, 1.82) is 0 Å². The molecule has 2 aliphatic rings. The van der Waals surface area contributed by atoms with Gasteiger partial charge in [0.25, 0.3) is 10.2 Å². The van der Waals surface area contributed by atoms with Gasteiger partial charge in [-0.3, -0.25) is 4.79 Å². The van der Waals surface area contributed by atoms with Crippen molar-refractivity contribution in [2.24, 2.45) is 0 Å². The number of ether oxygens (including phenoxy) is 1. The molecule has 2 heterocycles. The number of carbonyl (C=O) groups is 1. The van der Waals surface area contributed by atoms with Crippen molar-refractivity contribution >= 4 is 16.2 Å². The Morgan fingerprint density at radius 2 is 1.89 bits per heavy atom. The van der Waals surface area contributed by atoms with Crippen molar-refractivity contribution in [1.82, 2.24) is 8.61 Å². The van der Waals surface area contributed by atoms with Crippen LogP contribution in [-0.2, 0) is 19.7 Å². The van der Waals surface area contributed by atoms with Crippen LogP contribution < -0.4 is 0 Å². The molecule has 0 saturated carbocycles. The summed E-state index contributed by atoms with van der Waals surface area (Å²) in [5, 5.41) is 9.18. The molecule has 0 aromatic carbocycles. The summed E-state index contributed by atoms with van der Waals surface area (Å²) in [6, 6.07) is -1.02. The van der Waals surface area contributed by atoms with Gasteiger partial charge in [0.1, 0.15) is 6.04 Å². The van der Waals surface area contributed by atoms with Crippen LogP contribution in [0.1, 0.15) is 25.7 Å². The van der Waals surface area contributed by atoms with Crippen LogP contribution in [-0.4, -0.2) is 67.0 Å². The average Bonchev–Trinajstić information content (AvgIpc) is 2.85. The van der Waals surface area contributed by atoms with E-state index in [1.165, 1.54) is 11.4 Å². The Bertz CT molecular complexity index is 432. The van der Waals surface area contributed by atoms with E-state index in [0.717, 1.165) is 23.6 Å². The van der Waals surface area contributed by atoms with Crippen LogP contribution in [0.2, 0.25) is 0 Å². The van der Waals surface area contributed by atoms with Crippen LogP contribution in [0.4, 0.5) is 0 Å². The number of carboxylic acids is 1. The molecule has 0 aromatic heterocycles. The Morgan fingerprint density at radius 1 is 1.26 bits per heavy atom. The SMILES string of the molecule is COC1CC(C(=O)O)N(S(=O)(=O)N2CCCCC2)C1. The molecule has 2 fully saturated rings. The Kier molecular flexibility index (Phi) is 4.44. The van der Waals surface area contributed by atoms with E-state index < -0.39 is 22.2 Å². The minimum Gasteiger partial charge on any atom is -0.480 e. The molecule has 110 valence electrons. The van der Waals surface area contributed by atoms with E-state index in [0.29, 0.717) is 13.1 Å². The molecule has 2 rings (SSSR count). The molecule has 2 atom stereocenters. The highest BCUT2D eigenvalue weighted by molar-refractivity contribution is 7.86. The molecule has 19 heavy (non-hydrogen) atoms. The number of aliphatic carboxylic acids is 1. The van der Waals surface area contributed by atoms with Crippen LogP contribution in [0, 0.1) is 0 Å². The number of methoxy groups -OCH3 is 1. The summed E-state index contributed by atoms with van der Waals surface area (Å²) in [5.74, 6) is -1.11. The fraction of sp³-hybridized carbons (Fsp3) is 0.909. The van der Waals surface area contributed by atoms with Crippen molar-refractivity contribution < 1.29 is 23.1 Å². The number of piperidine rings is 1. The summed E-state index contributed by atoms with van der Waals surface area (Å²) < 4.78 is 32.6. The van der Waals surface area contributed by atoms with E-state index in [-0.39, 0.29) is 19.1 Å². The second kappa shape index (κ2) is 5.74. The minimum atomic E-state index is -3.69. The van der Waals surface area contributed by atoms with Crippen molar-refractivity contribution in [3.05, 3.63) is 0 Å². The molecule has 1 N–H and O–H groups in total. The second-order valence-corrected chi connectivity index (χ2v) is 6.87. The fourth-order valence-corrected chi connectivity index (χ4v) is 4.53. The molecule has 7 nitrogen and oxygen atoms in total. The van der Waals surface area contributed by atoms with Gasteiger partial charge < -0.3 is 9.84 Å². The zero-order chi connectivity index (χ0) is 14.0. The Hall–Kier alpha value is -0.700. The molecule has 0 bridgehead atoms. The quantitative estimate of drug-likeness (QED) is 0.781. The predicted octanol–water partition coefficient (Wildman–Crippen LogP) is -0.109. The molecule has 2 saturated heterocycles. The van der Waals surface area contributed by atoms with Crippen molar-refractivity contribution in [2.45, 2.75) is 37.8 Å². The van der Waals surface area contributed by atoms with E-state index in [1.54, 1.807) is 0 Å². The number of hydrogen-bond donors (Lipinski definition) is 1. The van der Waals surface area contributed by atoms with E-state index in [9.17, 15) is 18.3 Å². The van der Waals surface area contributed by atoms with Gasteiger partial charge in [-0.2, -0.15) is 17.0 Å². The average molecular weight is 292 g/mol. The first kappa shape index (κ1) is 14.7. The standard InChI is InChI=1S/C11H20N2O5S/c1-18-9-7-10(11(14)15)13(8-9)19(16,17)12-5-3-2-4-6-12/h9-10H,2-8H2,1H3,(H,14,15). The van der Waals surface area contributed by atoms with Crippen molar-refractivity contribution in [2.75, 3.05) is 26.7 Å².